The van der Waals surface area contributed by atoms with Gasteiger partial charge in [0, 0.05) is 5.57 Å². The van der Waals surface area contributed by atoms with Gasteiger partial charge in [-0.25, -0.2) is 9.59 Å². The van der Waals surface area contributed by atoms with Gasteiger partial charge in [-0.1, -0.05) is 60.7 Å². The Labute approximate surface area is 179 Å². The van der Waals surface area contributed by atoms with Crippen LogP contribution in [0.15, 0.2) is 66.2 Å². The molecule has 0 spiro atoms. The summed E-state index contributed by atoms with van der Waals surface area (Å²) >= 11 is 0. The number of rotatable bonds is 7. The quantitative estimate of drug-likeness (QED) is 0.498. The van der Waals surface area contributed by atoms with Crippen LogP contribution in [0.1, 0.15) is 40.2 Å². The standard InChI is InChI=1S/C25H31NO4/c1-6-29-23(27)18(2)16-22(26-24(28)30-25(3,4)5)17-19-12-14-21(15-13-19)20-10-8-7-9-11-20/h7-16,22H,6,17H2,1-5H3,(H,26,28)/b18-16-. The van der Waals surface area contributed by atoms with Gasteiger partial charge in [-0.2, -0.15) is 0 Å². The van der Waals surface area contributed by atoms with E-state index in [1.807, 2.05) is 51.1 Å². The number of carbonyl (C=O) groups excluding carboxylic acids is 2. The molecule has 5 nitrogen and oxygen atoms in total. The molecule has 2 aromatic carbocycles. The Hall–Kier alpha value is -3.08. The number of alkyl carbamates (subject to hydrolysis) is 1. The van der Waals surface area contributed by atoms with E-state index in [0.717, 1.165) is 16.7 Å². The fourth-order valence-electron chi connectivity index (χ4n) is 2.94. The fraction of sp³-hybridized carbons (Fsp3) is 0.360. The molecule has 1 amide bonds. The number of hydrogen-bond donors (Lipinski definition) is 1. The normalized spacial score (nSPS) is 12.8. The summed E-state index contributed by atoms with van der Waals surface area (Å²) in [4.78, 5) is 24.3. The number of nitrogens with one attached hydrogen (secondary N) is 1. The molecule has 0 fully saturated rings. The van der Waals surface area contributed by atoms with Crippen LogP contribution in [0.3, 0.4) is 0 Å². The molecular formula is C25H31NO4. The maximum Gasteiger partial charge on any atom is 0.408 e. The second-order valence-electron chi connectivity index (χ2n) is 8.09. The summed E-state index contributed by atoms with van der Waals surface area (Å²) in [5.41, 5.74) is 3.13. The molecule has 1 unspecified atom stereocenters. The van der Waals surface area contributed by atoms with Crippen LogP contribution in [0, 0.1) is 0 Å². The van der Waals surface area contributed by atoms with Crippen molar-refractivity contribution in [1.29, 1.82) is 0 Å². The molecule has 30 heavy (non-hydrogen) atoms. The number of carbonyl (C=O) groups is 2. The fourth-order valence-corrected chi connectivity index (χ4v) is 2.94. The number of benzene rings is 2. The van der Waals surface area contributed by atoms with Gasteiger partial charge in [-0.05, 0) is 57.7 Å². The van der Waals surface area contributed by atoms with Crippen molar-refractivity contribution >= 4 is 12.1 Å². The Kier molecular flexibility index (Phi) is 8.22. The van der Waals surface area contributed by atoms with E-state index in [9.17, 15) is 9.59 Å². The van der Waals surface area contributed by atoms with Crippen LogP contribution < -0.4 is 5.32 Å². The zero-order valence-electron chi connectivity index (χ0n) is 18.4. The van der Waals surface area contributed by atoms with Gasteiger partial charge in [0.15, 0.2) is 0 Å². The van der Waals surface area contributed by atoms with Gasteiger partial charge in [0.2, 0.25) is 0 Å². The smallest absolute Gasteiger partial charge is 0.408 e. The Morgan fingerprint density at radius 1 is 1.00 bits per heavy atom. The van der Waals surface area contributed by atoms with Crippen molar-refractivity contribution in [1.82, 2.24) is 5.32 Å². The molecule has 0 aromatic heterocycles. The second kappa shape index (κ2) is 10.6. The minimum atomic E-state index is -0.605. The minimum absolute atomic E-state index is 0.301. The van der Waals surface area contributed by atoms with E-state index >= 15 is 0 Å². The molecule has 5 heteroatoms. The van der Waals surface area contributed by atoms with Gasteiger partial charge in [-0.3, -0.25) is 0 Å². The predicted octanol–water partition coefficient (Wildman–Crippen LogP) is 5.30. The Morgan fingerprint density at radius 3 is 2.17 bits per heavy atom. The molecule has 0 aliphatic carbocycles. The highest BCUT2D eigenvalue weighted by molar-refractivity contribution is 5.88. The van der Waals surface area contributed by atoms with Crippen molar-refractivity contribution in [2.45, 2.75) is 52.7 Å². The molecule has 2 rings (SSSR count). The largest absolute Gasteiger partial charge is 0.463 e. The van der Waals surface area contributed by atoms with Crippen molar-refractivity contribution in [3.63, 3.8) is 0 Å². The number of amides is 1. The zero-order chi connectivity index (χ0) is 22.1. The van der Waals surface area contributed by atoms with Crippen molar-refractivity contribution in [2.24, 2.45) is 0 Å². The summed E-state index contributed by atoms with van der Waals surface area (Å²) in [7, 11) is 0. The van der Waals surface area contributed by atoms with Crippen LogP contribution in [0.25, 0.3) is 11.1 Å². The van der Waals surface area contributed by atoms with E-state index in [0.29, 0.717) is 18.6 Å². The second-order valence-corrected chi connectivity index (χ2v) is 8.09. The molecular weight excluding hydrogens is 378 g/mol. The molecule has 0 saturated carbocycles. The predicted molar refractivity (Wildman–Crippen MR) is 119 cm³/mol. The van der Waals surface area contributed by atoms with Crippen molar-refractivity contribution in [2.75, 3.05) is 6.61 Å². The van der Waals surface area contributed by atoms with Crippen LogP contribution in [-0.4, -0.2) is 30.3 Å². The van der Waals surface area contributed by atoms with E-state index in [4.69, 9.17) is 9.47 Å². The first-order chi connectivity index (χ1) is 14.2. The molecule has 0 heterocycles. The molecule has 1 atom stereocenters. The van der Waals surface area contributed by atoms with Crippen molar-refractivity contribution in [3.8, 4) is 11.1 Å². The average molecular weight is 410 g/mol. The summed E-state index contributed by atoms with van der Waals surface area (Å²) < 4.78 is 10.4. The number of hydrogen-bond acceptors (Lipinski definition) is 4. The molecule has 0 aliphatic heterocycles. The van der Waals surface area contributed by atoms with Crippen molar-refractivity contribution in [3.05, 3.63) is 71.8 Å². The molecule has 160 valence electrons. The van der Waals surface area contributed by atoms with Crippen LogP contribution >= 0.6 is 0 Å². The first-order valence-corrected chi connectivity index (χ1v) is 10.2. The molecule has 0 bridgehead atoms. The molecule has 0 radical (unpaired) electrons. The topological polar surface area (TPSA) is 64.6 Å². The Bertz CT molecular complexity index is 864. The van der Waals surface area contributed by atoms with Crippen LogP contribution in [0.4, 0.5) is 4.79 Å². The number of esters is 1. The third-order valence-corrected chi connectivity index (χ3v) is 4.27. The van der Waals surface area contributed by atoms with Gasteiger partial charge in [0.25, 0.3) is 0 Å². The highest BCUT2D eigenvalue weighted by Crippen LogP contribution is 2.20. The van der Waals surface area contributed by atoms with Crippen LogP contribution in [-0.2, 0) is 20.7 Å². The summed E-state index contributed by atoms with van der Waals surface area (Å²) in [5, 5.41) is 2.85. The maximum atomic E-state index is 12.3. The lowest BCUT2D eigenvalue weighted by Crippen LogP contribution is -2.39. The molecule has 2 aromatic rings. The zero-order valence-corrected chi connectivity index (χ0v) is 18.4. The molecule has 0 aliphatic rings. The average Bonchev–Trinajstić information content (AvgIpc) is 2.68. The van der Waals surface area contributed by atoms with Gasteiger partial charge in [-0.15, -0.1) is 0 Å². The van der Waals surface area contributed by atoms with Crippen molar-refractivity contribution < 1.29 is 19.1 Å². The Morgan fingerprint density at radius 2 is 1.60 bits per heavy atom. The lowest BCUT2D eigenvalue weighted by atomic mass is 10.00. The van der Waals surface area contributed by atoms with Gasteiger partial charge in [0.05, 0.1) is 12.6 Å². The first kappa shape index (κ1) is 23.2. The SMILES string of the molecule is CCOC(=O)/C(C)=C\C(Cc1ccc(-c2ccccc2)cc1)NC(=O)OC(C)(C)C. The number of ether oxygens (including phenoxy) is 2. The van der Waals surface area contributed by atoms with E-state index < -0.39 is 23.7 Å². The third kappa shape index (κ3) is 7.74. The first-order valence-electron chi connectivity index (χ1n) is 10.2. The lowest BCUT2D eigenvalue weighted by molar-refractivity contribution is -0.138. The lowest BCUT2D eigenvalue weighted by Gasteiger charge is -2.23. The summed E-state index contributed by atoms with van der Waals surface area (Å²) in [6.45, 7) is 9.17. The van der Waals surface area contributed by atoms with Gasteiger partial charge < -0.3 is 14.8 Å². The van der Waals surface area contributed by atoms with Crippen LogP contribution in [0.5, 0.6) is 0 Å². The van der Waals surface area contributed by atoms with E-state index in [-0.39, 0.29) is 0 Å². The van der Waals surface area contributed by atoms with Gasteiger partial charge >= 0.3 is 12.1 Å². The monoisotopic (exact) mass is 409 g/mol. The Balaban J connectivity index is 2.18. The minimum Gasteiger partial charge on any atom is -0.463 e. The third-order valence-electron chi connectivity index (χ3n) is 4.27. The van der Waals surface area contributed by atoms with E-state index in [1.54, 1.807) is 19.9 Å². The highest BCUT2D eigenvalue weighted by Gasteiger charge is 2.20. The summed E-state index contributed by atoms with van der Waals surface area (Å²) in [6.07, 6.45) is 1.71. The molecule has 0 saturated heterocycles. The summed E-state index contributed by atoms with van der Waals surface area (Å²) in [5.74, 6) is -0.395. The highest BCUT2D eigenvalue weighted by atomic mass is 16.6. The molecule has 1 N–H and O–H groups in total. The maximum absolute atomic E-state index is 12.3. The summed E-state index contributed by atoms with van der Waals surface area (Å²) in [6, 6.07) is 17.9. The van der Waals surface area contributed by atoms with E-state index in [1.165, 1.54) is 0 Å². The van der Waals surface area contributed by atoms with Gasteiger partial charge in [0.1, 0.15) is 5.60 Å². The van der Waals surface area contributed by atoms with Crippen LogP contribution in [0.2, 0.25) is 0 Å². The van der Waals surface area contributed by atoms with E-state index in [2.05, 4.69) is 29.6 Å².